The van der Waals surface area contributed by atoms with Gasteiger partial charge in [0.25, 0.3) is 0 Å². The fourth-order valence-electron chi connectivity index (χ4n) is 2.83. The second-order valence-electron chi connectivity index (χ2n) is 5.96. The number of aromatic carboxylic acids is 1. The van der Waals surface area contributed by atoms with Crippen molar-refractivity contribution in [3.05, 3.63) is 64.9 Å². The van der Waals surface area contributed by atoms with E-state index in [9.17, 15) is 4.79 Å². The van der Waals surface area contributed by atoms with Crippen LogP contribution >= 0.6 is 0 Å². The SMILES string of the molecule is Cc1cccc(CCCOc2ccc3oc(C(=O)O)c(C)c3c2)c1. The minimum absolute atomic E-state index is 0.0124. The van der Waals surface area contributed by atoms with E-state index in [1.165, 1.54) is 11.1 Å². The van der Waals surface area contributed by atoms with Crippen LogP contribution in [0.2, 0.25) is 0 Å². The molecule has 4 heteroatoms. The van der Waals surface area contributed by atoms with Gasteiger partial charge in [0.15, 0.2) is 0 Å². The van der Waals surface area contributed by atoms with Gasteiger partial charge in [-0.05, 0) is 50.5 Å². The molecule has 0 aliphatic rings. The fraction of sp³-hybridized carbons (Fsp3) is 0.250. The summed E-state index contributed by atoms with van der Waals surface area (Å²) in [7, 11) is 0. The monoisotopic (exact) mass is 324 g/mol. The van der Waals surface area contributed by atoms with Crippen LogP contribution in [0.15, 0.2) is 46.9 Å². The zero-order valence-corrected chi connectivity index (χ0v) is 13.8. The number of rotatable bonds is 6. The molecule has 1 heterocycles. The van der Waals surface area contributed by atoms with Crippen LogP contribution in [-0.2, 0) is 6.42 Å². The van der Waals surface area contributed by atoms with Crippen molar-refractivity contribution in [1.82, 2.24) is 0 Å². The molecule has 24 heavy (non-hydrogen) atoms. The summed E-state index contributed by atoms with van der Waals surface area (Å²) < 4.78 is 11.2. The number of benzene rings is 2. The minimum atomic E-state index is -1.05. The molecule has 0 fully saturated rings. The van der Waals surface area contributed by atoms with E-state index in [1.54, 1.807) is 13.0 Å². The maximum Gasteiger partial charge on any atom is 0.372 e. The number of fused-ring (bicyclic) bond motifs is 1. The summed E-state index contributed by atoms with van der Waals surface area (Å²) in [5, 5.41) is 9.89. The Kier molecular flexibility index (Phi) is 4.56. The van der Waals surface area contributed by atoms with Crippen molar-refractivity contribution in [3.8, 4) is 5.75 Å². The lowest BCUT2D eigenvalue weighted by atomic mass is 10.1. The van der Waals surface area contributed by atoms with Gasteiger partial charge in [0.1, 0.15) is 11.3 Å². The van der Waals surface area contributed by atoms with Crippen molar-refractivity contribution in [2.75, 3.05) is 6.61 Å². The third-order valence-electron chi connectivity index (χ3n) is 4.06. The Morgan fingerprint density at radius 2 is 2.00 bits per heavy atom. The first-order valence-electron chi connectivity index (χ1n) is 7.99. The highest BCUT2D eigenvalue weighted by Gasteiger charge is 2.16. The van der Waals surface area contributed by atoms with Gasteiger partial charge in [0, 0.05) is 10.9 Å². The van der Waals surface area contributed by atoms with Gasteiger partial charge in [0.2, 0.25) is 5.76 Å². The van der Waals surface area contributed by atoms with Crippen LogP contribution in [0, 0.1) is 13.8 Å². The third-order valence-corrected chi connectivity index (χ3v) is 4.06. The van der Waals surface area contributed by atoms with E-state index in [-0.39, 0.29) is 5.76 Å². The smallest absolute Gasteiger partial charge is 0.372 e. The molecule has 4 nitrogen and oxygen atoms in total. The number of hydrogen-bond acceptors (Lipinski definition) is 3. The van der Waals surface area contributed by atoms with Gasteiger partial charge in [-0.2, -0.15) is 0 Å². The molecule has 1 N–H and O–H groups in total. The lowest BCUT2D eigenvalue weighted by Gasteiger charge is -2.07. The van der Waals surface area contributed by atoms with Gasteiger partial charge < -0.3 is 14.3 Å². The zero-order valence-electron chi connectivity index (χ0n) is 13.8. The van der Waals surface area contributed by atoms with Crippen molar-refractivity contribution in [2.45, 2.75) is 26.7 Å². The lowest BCUT2D eigenvalue weighted by Crippen LogP contribution is -1.99. The molecule has 3 rings (SSSR count). The number of furan rings is 1. The van der Waals surface area contributed by atoms with E-state index in [1.807, 2.05) is 12.1 Å². The summed E-state index contributed by atoms with van der Waals surface area (Å²) in [6.07, 6.45) is 1.89. The van der Waals surface area contributed by atoms with Gasteiger partial charge in [-0.25, -0.2) is 4.79 Å². The number of hydrogen-bond donors (Lipinski definition) is 1. The normalized spacial score (nSPS) is 10.9. The van der Waals surface area contributed by atoms with Crippen LogP contribution in [0.5, 0.6) is 5.75 Å². The Labute approximate surface area is 140 Å². The van der Waals surface area contributed by atoms with Gasteiger partial charge in [-0.15, -0.1) is 0 Å². The molecule has 0 radical (unpaired) electrons. The predicted molar refractivity (Wildman–Crippen MR) is 92.9 cm³/mol. The Morgan fingerprint density at radius 3 is 2.75 bits per heavy atom. The number of carboxylic acids is 1. The van der Waals surface area contributed by atoms with E-state index < -0.39 is 5.97 Å². The summed E-state index contributed by atoms with van der Waals surface area (Å²) in [5.74, 6) is -0.335. The van der Waals surface area contributed by atoms with Gasteiger partial charge in [-0.1, -0.05) is 29.8 Å². The molecule has 1 aromatic heterocycles. The molecular formula is C20H20O4. The summed E-state index contributed by atoms with van der Waals surface area (Å²) in [5.41, 5.74) is 3.77. The van der Waals surface area contributed by atoms with E-state index in [0.29, 0.717) is 17.8 Å². The molecule has 0 saturated heterocycles. The minimum Gasteiger partial charge on any atom is -0.494 e. The van der Waals surface area contributed by atoms with E-state index >= 15 is 0 Å². The third kappa shape index (κ3) is 3.43. The molecule has 0 unspecified atom stereocenters. The first-order chi connectivity index (χ1) is 11.5. The molecule has 0 aliphatic heterocycles. The van der Waals surface area contributed by atoms with Crippen LogP contribution in [0.4, 0.5) is 0 Å². The summed E-state index contributed by atoms with van der Waals surface area (Å²) in [6, 6.07) is 13.9. The van der Waals surface area contributed by atoms with Crippen molar-refractivity contribution in [3.63, 3.8) is 0 Å². The summed E-state index contributed by atoms with van der Waals surface area (Å²) in [4.78, 5) is 11.1. The average Bonchev–Trinajstić information content (AvgIpc) is 2.89. The van der Waals surface area contributed by atoms with Gasteiger partial charge in [0.05, 0.1) is 6.61 Å². The molecule has 0 spiro atoms. The second-order valence-corrected chi connectivity index (χ2v) is 5.96. The summed E-state index contributed by atoms with van der Waals surface area (Å²) >= 11 is 0. The van der Waals surface area contributed by atoms with Crippen molar-refractivity contribution in [2.24, 2.45) is 0 Å². The molecule has 3 aromatic rings. The molecule has 0 bridgehead atoms. The molecule has 2 aromatic carbocycles. The van der Waals surface area contributed by atoms with Crippen molar-refractivity contribution in [1.29, 1.82) is 0 Å². The van der Waals surface area contributed by atoms with E-state index in [4.69, 9.17) is 14.3 Å². The zero-order chi connectivity index (χ0) is 17.1. The highest BCUT2D eigenvalue weighted by Crippen LogP contribution is 2.29. The maximum absolute atomic E-state index is 11.1. The highest BCUT2D eigenvalue weighted by atomic mass is 16.5. The van der Waals surface area contributed by atoms with Crippen molar-refractivity contribution >= 4 is 16.9 Å². The second kappa shape index (κ2) is 6.79. The van der Waals surface area contributed by atoms with Gasteiger partial charge >= 0.3 is 5.97 Å². The van der Waals surface area contributed by atoms with Crippen molar-refractivity contribution < 1.29 is 19.1 Å². The molecule has 0 atom stereocenters. The van der Waals surface area contributed by atoms with Crippen LogP contribution < -0.4 is 4.74 Å². The summed E-state index contributed by atoms with van der Waals surface area (Å²) in [6.45, 7) is 4.45. The standard InChI is InChI=1S/C20H20O4/c1-13-5-3-6-15(11-13)7-4-10-23-16-8-9-18-17(12-16)14(2)19(24-18)20(21)22/h3,5-6,8-9,11-12H,4,7,10H2,1-2H3,(H,21,22). The molecule has 0 amide bonds. The topological polar surface area (TPSA) is 59.7 Å². The predicted octanol–water partition coefficient (Wildman–Crippen LogP) is 4.76. The van der Waals surface area contributed by atoms with Crippen LogP contribution in [0.1, 0.15) is 33.7 Å². The van der Waals surface area contributed by atoms with Crippen LogP contribution in [0.3, 0.4) is 0 Å². The Bertz CT molecular complexity index is 876. The molecule has 124 valence electrons. The lowest BCUT2D eigenvalue weighted by molar-refractivity contribution is 0.0664. The van der Waals surface area contributed by atoms with E-state index in [0.717, 1.165) is 24.0 Å². The fourth-order valence-corrected chi connectivity index (χ4v) is 2.83. The molecule has 0 saturated carbocycles. The molecule has 0 aliphatic carbocycles. The Morgan fingerprint density at radius 1 is 1.17 bits per heavy atom. The number of aryl methyl sites for hydroxylation is 3. The number of carboxylic acid groups (broad SMARTS) is 1. The molecular weight excluding hydrogens is 304 g/mol. The van der Waals surface area contributed by atoms with Crippen LogP contribution in [-0.4, -0.2) is 17.7 Å². The first kappa shape index (κ1) is 16.1. The quantitative estimate of drug-likeness (QED) is 0.664. The first-order valence-corrected chi connectivity index (χ1v) is 7.99. The van der Waals surface area contributed by atoms with E-state index in [2.05, 4.69) is 31.2 Å². The Hall–Kier alpha value is -2.75. The van der Waals surface area contributed by atoms with Gasteiger partial charge in [-0.3, -0.25) is 0 Å². The number of ether oxygens (including phenoxy) is 1. The number of carbonyl (C=O) groups is 1. The Balaban J connectivity index is 1.63. The highest BCUT2D eigenvalue weighted by molar-refractivity contribution is 5.95. The largest absolute Gasteiger partial charge is 0.494 e. The van der Waals surface area contributed by atoms with Crippen LogP contribution in [0.25, 0.3) is 11.0 Å². The average molecular weight is 324 g/mol. The maximum atomic E-state index is 11.1.